The second-order valence-electron chi connectivity index (χ2n) is 5.83. The van der Waals surface area contributed by atoms with Gasteiger partial charge in [0.05, 0.1) is 19.8 Å². The molecule has 1 saturated carbocycles. The van der Waals surface area contributed by atoms with E-state index in [1.807, 2.05) is 0 Å². The summed E-state index contributed by atoms with van der Waals surface area (Å²) in [5.74, 6) is -0.349. The Morgan fingerprint density at radius 3 is 2.30 bits per heavy atom. The van der Waals surface area contributed by atoms with Crippen molar-refractivity contribution in [1.82, 2.24) is 4.90 Å². The van der Waals surface area contributed by atoms with Gasteiger partial charge in [0.25, 0.3) is 5.91 Å². The topological polar surface area (TPSA) is 76.1 Å². The van der Waals surface area contributed by atoms with Crippen molar-refractivity contribution >= 4 is 11.9 Å². The molecule has 1 amide bonds. The summed E-state index contributed by atoms with van der Waals surface area (Å²) in [5.41, 5.74) is -0.803. The summed E-state index contributed by atoms with van der Waals surface area (Å²) in [5, 5.41) is 9.72. The molecule has 0 spiro atoms. The summed E-state index contributed by atoms with van der Waals surface area (Å²) in [6.45, 7) is 0. The Kier molecular flexibility index (Phi) is 5.13. The molecule has 6 nitrogen and oxygen atoms in total. The Morgan fingerprint density at radius 1 is 1.13 bits per heavy atom. The van der Waals surface area contributed by atoms with E-state index in [0.717, 1.165) is 19.3 Å². The van der Waals surface area contributed by atoms with Crippen molar-refractivity contribution in [1.29, 1.82) is 0 Å². The van der Waals surface area contributed by atoms with Crippen molar-refractivity contribution in [3.8, 4) is 11.5 Å². The van der Waals surface area contributed by atoms with Crippen molar-refractivity contribution in [3.63, 3.8) is 0 Å². The highest BCUT2D eigenvalue weighted by atomic mass is 16.5. The molecule has 1 aromatic rings. The van der Waals surface area contributed by atoms with E-state index >= 15 is 0 Å². The van der Waals surface area contributed by atoms with Gasteiger partial charge < -0.3 is 19.5 Å². The van der Waals surface area contributed by atoms with Crippen LogP contribution in [0.2, 0.25) is 0 Å². The van der Waals surface area contributed by atoms with Crippen LogP contribution >= 0.6 is 0 Å². The van der Waals surface area contributed by atoms with E-state index < -0.39 is 11.5 Å². The molecule has 2 rings (SSSR count). The van der Waals surface area contributed by atoms with E-state index in [4.69, 9.17) is 9.47 Å². The Balaban J connectivity index is 2.36. The van der Waals surface area contributed by atoms with E-state index in [1.54, 1.807) is 25.2 Å². The van der Waals surface area contributed by atoms with Crippen LogP contribution in [0.5, 0.6) is 11.5 Å². The van der Waals surface area contributed by atoms with Crippen LogP contribution in [-0.2, 0) is 4.79 Å². The minimum Gasteiger partial charge on any atom is -0.497 e. The van der Waals surface area contributed by atoms with Gasteiger partial charge in [-0.1, -0.05) is 19.3 Å². The summed E-state index contributed by atoms with van der Waals surface area (Å²) in [6, 6.07) is 4.89. The zero-order valence-electron chi connectivity index (χ0n) is 13.8. The molecule has 0 atom stereocenters. The van der Waals surface area contributed by atoms with Gasteiger partial charge in [0.2, 0.25) is 0 Å². The number of hydrogen-bond acceptors (Lipinski definition) is 4. The zero-order chi connectivity index (χ0) is 17.0. The fourth-order valence-corrected chi connectivity index (χ4v) is 3.18. The summed E-state index contributed by atoms with van der Waals surface area (Å²) >= 11 is 0. The molecule has 1 aliphatic carbocycles. The highest BCUT2D eigenvalue weighted by molar-refractivity contribution is 6.00. The van der Waals surface area contributed by atoms with Crippen molar-refractivity contribution in [2.75, 3.05) is 21.3 Å². The number of nitrogens with zero attached hydrogens (tertiary/aromatic N) is 1. The second-order valence-corrected chi connectivity index (χ2v) is 5.83. The first kappa shape index (κ1) is 17.1. The molecule has 1 aromatic carbocycles. The molecule has 23 heavy (non-hydrogen) atoms. The monoisotopic (exact) mass is 321 g/mol. The Morgan fingerprint density at radius 2 is 1.78 bits per heavy atom. The van der Waals surface area contributed by atoms with Crippen molar-refractivity contribution in [2.45, 2.75) is 37.6 Å². The van der Waals surface area contributed by atoms with Crippen LogP contribution in [0.3, 0.4) is 0 Å². The lowest BCUT2D eigenvalue weighted by Gasteiger charge is -2.41. The van der Waals surface area contributed by atoms with Crippen LogP contribution < -0.4 is 9.47 Å². The number of benzene rings is 1. The highest BCUT2D eigenvalue weighted by Gasteiger charge is 2.46. The average molecular weight is 321 g/mol. The van der Waals surface area contributed by atoms with Gasteiger partial charge in [-0.25, -0.2) is 4.79 Å². The lowest BCUT2D eigenvalue weighted by molar-refractivity contribution is -0.151. The Hall–Kier alpha value is -2.24. The first-order valence-electron chi connectivity index (χ1n) is 7.70. The van der Waals surface area contributed by atoms with Crippen molar-refractivity contribution in [3.05, 3.63) is 23.8 Å². The number of carbonyl (C=O) groups excluding carboxylic acids is 1. The van der Waals surface area contributed by atoms with E-state index in [2.05, 4.69) is 0 Å². The zero-order valence-corrected chi connectivity index (χ0v) is 13.8. The number of methoxy groups -OCH3 is 2. The van der Waals surface area contributed by atoms with E-state index in [-0.39, 0.29) is 5.91 Å². The SMILES string of the molecule is COc1ccc(C(=O)N(C)C2(C(=O)O)CCCCC2)c(OC)c1. The van der Waals surface area contributed by atoms with Gasteiger partial charge >= 0.3 is 5.97 Å². The predicted molar refractivity (Wildman–Crippen MR) is 85.1 cm³/mol. The molecule has 126 valence electrons. The first-order chi connectivity index (χ1) is 11.0. The van der Waals surface area contributed by atoms with Gasteiger partial charge in [-0.15, -0.1) is 0 Å². The smallest absolute Gasteiger partial charge is 0.329 e. The minimum absolute atomic E-state index is 0.335. The van der Waals surface area contributed by atoms with Crippen LogP contribution in [0.1, 0.15) is 42.5 Å². The molecule has 0 aliphatic heterocycles. The third kappa shape index (κ3) is 3.11. The number of ether oxygens (including phenoxy) is 2. The lowest BCUT2D eigenvalue weighted by atomic mass is 9.80. The van der Waals surface area contributed by atoms with Crippen LogP contribution in [0.4, 0.5) is 0 Å². The quantitative estimate of drug-likeness (QED) is 0.902. The third-order valence-electron chi connectivity index (χ3n) is 4.66. The van der Waals surface area contributed by atoms with Gasteiger partial charge in [0, 0.05) is 13.1 Å². The molecule has 0 aromatic heterocycles. The number of rotatable bonds is 5. The molecule has 0 bridgehead atoms. The largest absolute Gasteiger partial charge is 0.497 e. The Bertz CT molecular complexity index is 593. The number of aliphatic carboxylic acids is 1. The summed E-state index contributed by atoms with van der Waals surface area (Å²) in [7, 11) is 4.56. The van der Waals surface area contributed by atoms with Crippen LogP contribution in [0.15, 0.2) is 18.2 Å². The van der Waals surface area contributed by atoms with E-state index in [1.165, 1.54) is 19.1 Å². The van der Waals surface area contributed by atoms with Gasteiger partial charge in [-0.05, 0) is 25.0 Å². The number of carboxylic acid groups (broad SMARTS) is 1. The minimum atomic E-state index is -1.14. The lowest BCUT2D eigenvalue weighted by Crippen LogP contribution is -2.56. The predicted octanol–water partition coefficient (Wildman–Crippen LogP) is 2.56. The van der Waals surface area contributed by atoms with E-state index in [0.29, 0.717) is 29.9 Å². The summed E-state index contributed by atoms with van der Waals surface area (Å²) in [4.78, 5) is 26.1. The summed E-state index contributed by atoms with van der Waals surface area (Å²) in [6.07, 6.45) is 3.57. The number of carboxylic acids is 1. The number of carbonyl (C=O) groups is 2. The maximum atomic E-state index is 12.9. The Labute approximate surface area is 136 Å². The third-order valence-corrected chi connectivity index (χ3v) is 4.66. The normalized spacial score (nSPS) is 16.5. The number of hydrogen-bond donors (Lipinski definition) is 1. The van der Waals surface area contributed by atoms with Crippen LogP contribution in [0.25, 0.3) is 0 Å². The molecule has 0 heterocycles. The molecule has 1 aliphatic rings. The molecular weight excluding hydrogens is 298 g/mol. The maximum Gasteiger partial charge on any atom is 0.329 e. The molecule has 0 saturated heterocycles. The van der Waals surface area contributed by atoms with Crippen LogP contribution in [0, 0.1) is 0 Å². The van der Waals surface area contributed by atoms with E-state index in [9.17, 15) is 14.7 Å². The number of amides is 1. The first-order valence-corrected chi connectivity index (χ1v) is 7.70. The van der Waals surface area contributed by atoms with Crippen molar-refractivity contribution < 1.29 is 24.2 Å². The standard InChI is InChI=1S/C17H23NO5/c1-18(17(16(20)21)9-5-4-6-10-17)15(19)13-8-7-12(22-2)11-14(13)23-3/h7-8,11H,4-6,9-10H2,1-3H3,(H,20,21). The van der Waals surface area contributed by atoms with Gasteiger partial charge in [0.15, 0.2) is 0 Å². The number of likely N-dealkylation sites (N-methyl/N-ethyl adjacent to an activating group) is 1. The van der Waals surface area contributed by atoms with Crippen LogP contribution in [-0.4, -0.2) is 48.7 Å². The summed E-state index contributed by atoms with van der Waals surface area (Å²) < 4.78 is 10.4. The van der Waals surface area contributed by atoms with Crippen molar-refractivity contribution in [2.24, 2.45) is 0 Å². The highest BCUT2D eigenvalue weighted by Crippen LogP contribution is 2.35. The molecule has 1 fully saturated rings. The average Bonchev–Trinajstić information content (AvgIpc) is 2.60. The second kappa shape index (κ2) is 6.89. The fraction of sp³-hybridized carbons (Fsp3) is 0.529. The fourth-order valence-electron chi connectivity index (χ4n) is 3.18. The maximum absolute atomic E-state index is 12.9. The van der Waals surface area contributed by atoms with Gasteiger partial charge in [0.1, 0.15) is 17.0 Å². The molecule has 0 radical (unpaired) electrons. The molecule has 6 heteroatoms. The van der Waals surface area contributed by atoms with Gasteiger partial charge in [-0.2, -0.15) is 0 Å². The molecular formula is C17H23NO5. The molecule has 0 unspecified atom stereocenters. The van der Waals surface area contributed by atoms with Gasteiger partial charge in [-0.3, -0.25) is 4.79 Å². The molecule has 1 N–H and O–H groups in total.